The van der Waals surface area contributed by atoms with Gasteiger partial charge in [0.25, 0.3) is 0 Å². The van der Waals surface area contributed by atoms with Gasteiger partial charge in [-0.3, -0.25) is 0 Å². The Morgan fingerprint density at radius 1 is 0.706 bits per heavy atom. The molecule has 6 atom stereocenters. The summed E-state index contributed by atoms with van der Waals surface area (Å²) in [5.41, 5.74) is 1.67. The minimum Gasteiger partial charge on any atom is -0.389 e. The molecule has 294 valence electrons. The zero-order valence-electron chi connectivity index (χ0n) is 34.2. The fourth-order valence-electron chi connectivity index (χ4n) is 8.20. The lowest BCUT2D eigenvalue weighted by atomic mass is 9.98. The highest BCUT2D eigenvalue weighted by Gasteiger charge is 2.52. The van der Waals surface area contributed by atoms with Crippen LogP contribution in [0.2, 0.25) is 0 Å². The van der Waals surface area contributed by atoms with Gasteiger partial charge in [-0.2, -0.15) is 0 Å². The number of allylic oxidation sites excluding steroid dienone is 8. The first kappa shape index (κ1) is 44.2. The van der Waals surface area contributed by atoms with Gasteiger partial charge in [0.2, 0.25) is 0 Å². The maximum Gasteiger partial charge on any atom is 0.169 e. The second-order valence-corrected chi connectivity index (χ2v) is 16.6. The Morgan fingerprint density at radius 2 is 1.25 bits per heavy atom. The summed E-state index contributed by atoms with van der Waals surface area (Å²) in [5.74, 6) is 0.239. The Morgan fingerprint density at radius 3 is 1.86 bits per heavy atom. The predicted octanol–water partition coefficient (Wildman–Crippen LogP) is 11.7. The van der Waals surface area contributed by atoms with Crippen molar-refractivity contribution in [3.8, 4) is 0 Å². The van der Waals surface area contributed by atoms with Crippen molar-refractivity contribution in [1.29, 1.82) is 0 Å². The molecule has 2 aliphatic heterocycles. The van der Waals surface area contributed by atoms with E-state index in [0.717, 1.165) is 51.1 Å². The molecule has 0 bridgehead atoms. The number of fused-ring (bicyclic) bond motifs is 1. The van der Waals surface area contributed by atoms with E-state index in [9.17, 15) is 5.11 Å². The molecule has 1 N–H and O–H groups in total. The van der Waals surface area contributed by atoms with Gasteiger partial charge in [-0.1, -0.05) is 139 Å². The van der Waals surface area contributed by atoms with E-state index in [1.165, 1.54) is 128 Å². The number of aliphatic hydroxyl groups excluding tert-OH is 1. The molecule has 51 heavy (non-hydrogen) atoms. The van der Waals surface area contributed by atoms with Gasteiger partial charge in [-0.15, -0.1) is 0 Å². The summed E-state index contributed by atoms with van der Waals surface area (Å²) in [6.07, 6.45) is 46.9. The molecule has 0 aromatic heterocycles. The lowest BCUT2D eigenvalue weighted by Gasteiger charge is -2.34. The molecule has 3 unspecified atom stereocenters. The Balaban J connectivity index is 1.34. The highest BCUT2D eigenvalue weighted by atomic mass is 16.8. The fourth-order valence-corrected chi connectivity index (χ4v) is 8.20. The van der Waals surface area contributed by atoms with Gasteiger partial charge in [0.15, 0.2) is 5.79 Å². The van der Waals surface area contributed by atoms with Crippen LogP contribution in [0.3, 0.4) is 0 Å². The number of hydrogen-bond acceptors (Lipinski definition) is 5. The first-order valence-electron chi connectivity index (χ1n) is 21.9. The highest BCUT2D eigenvalue weighted by molar-refractivity contribution is 5.30. The van der Waals surface area contributed by atoms with E-state index in [0.29, 0.717) is 0 Å². The summed E-state index contributed by atoms with van der Waals surface area (Å²) in [5, 5.41) is 11.5. The maximum absolute atomic E-state index is 11.5. The molecule has 2 fully saturated rings. The summed E-state index contributed by atoms with van der Waals surface area (Å²) in [6.45, 7) is 6.20. The number of aliphatic hydroxyl groups is 1. The zero-order chi connectivity index (χ0) is 36.6. The van der Waals surface area contributed by atoms with Gasteiger partial charge in [0.05, 0.1) is 12.1 Å². The summed E-state index contributed by atoms with van der Waals surface area (Å²) in [6, 6.07) is 0.0505. The fraction of sp³-hybridized carbons (Fsp3) is 0.826. The number of hydrogen-bond donors (Lipinski definition) is 1. The molecular formula is C46H82N2O3. The minimum atomic E-state index is -0.544. The molecular weight excluding hydrogens is 629 g/mol. The van der Waals surface area contributed by atoms with E-state index < -0.39 is 11.9 Å². The van der Waals surface area contributed by atoms with Gasteiger partial charge < -0.3 is 24.4 Å². The molecule has 2 heterocycles. The van der Waals surface area contributed by atoms with Crippen LogP contribution < -0.4 is 0 Å². The first-order chi connectivity index (χ1) is 24.9. The van der Waals surface area contributed by atoms with Crippen molar-refractivity contribution in [1.82, 2.24) is 9.80 Å². The van der Waals surface area contributed by atoms with Crippen molar-refractivity contribution in [2.45, 2.75) is 205 Å². The van der Waals surface area contributed by atoms with Crippen LogP contribution in [0, 0.1) is 5.92 Å². The van der Waals surface area contributed by atoms with Crippen molar-refractivity contribution in [2.75, 3.05) is 34.2 Å². The third kappa shape index (κ3) is 18.1. The number of unbranched alkanes of at least 4 members (excludes halogenated alkanes) is 16. The van der Waals surface area contributed by atoms with E-state index in [1.807, 2.05) is 0 Å². The Bertz CT molecular complexity index is 1000. The normalized spacial score (nSPS) is 27.0. The molecule has 5 heteroatoms. The number of likely N-dealkylation sites (N-methyl/N-ethyl adjacent to an activating group) is 2. The van der Waals surface area contributed by atoms with Crippen LogP contribution in [-0.4, -0.2) is 79.3 Å². The van der Waals surface area contributed by atoms with Crippen LogP contribution in [0.1, 0.15) is 174 Å². The van der Waals surface area contributed by atoms with E-state index >= 15 is 0 Å². The quantitative estimate of drug-likeness (QED) is 0.0594. The molecule has 1 aliphatic carbocycles. The van der Waals surface area contributed by atoms with Crippen molar-refractivity contribution >= 4 is 0 Å². The summed E-state index contributed by atoms with van der Waals surface area (Å²) in [4.78, 5) is 4.48. The zero-order valence-corrected chi connectivity index (χ0v) is 34.2. The van der Waals surface area contributed by atoms with Gasteiger partial charge in [-0.25, -0.2) is 0 Å². The van der Waals surface area contributed by atoms with Crippen LogP contribution in [0.15, 0.2) is 48.1 Å². The molecule has 2 saturated heterocycles. The third-order valence-electron chi connectivity index (χ3n) is 11.6. The predicted molar refractivity (Wildman–Crippen MR) is 219 cm³/mol. The molecule has 0 saturated carbocycles. The number of ether oxygens (including phenoxy) is 2. The van der Waals surface area contributed by atoms with Crippen molar-refractivity contribution in [2.24, 2.45) is 5.92 Å². The smallest absolute Gasteiger partial charge is 0.169 e. The molecule has 3 rings (SSSR count). The van der Waals surface area contributed by atoms with Crippen LogP contribution in [0.5, 0.6) is 0 Å². The molecule has 5 nitrogen and oxygen atoms in total. The van der Waals surface area contributed by atoms with Crippen LogP contribution >= 0.6 is 0 Å². The minimum absolute atomic E-state index is 0.0505. The van der Waals surface area contributed by atoms with Crippen molar-refractivity contribution < 1.29 is 14.6 Å². The van der Waals surface area contributed by atoms with Gasteiger partial charge >= 0.3 is 0 Å². The lowest BCUT2D eigenvalue weighted by molar-refractivity contribution is -0.198. The molecule has 0 radical (unpaired) electrons. The van der Waals surface area contributed by atoms with E-state index in [-0.39, 0.29) is 18.2 Å². The SMILES string of the molecule is CCCCC/C=C\C/C=C\CCCCCCCCC1(CCCCCCCC2C=C2C/C=C\CCCCC)O[C@H]2[C@H](O)C(N(C)C)CN(C)C[C@H]2O1. The average molecular weight is 711 g/mol. The second-order valence-electron chi connectivity index (χ2n) is 16.6. The van der Waals surface area contributed by atoms with Crippen LogP contribution in [-0.2, 0) is 9.47 Å². The van der Waals surface area contributed by atoms with Crippen LogP contribution in [0.25, 0.3) is 0 Å². The Labute approximate surface area is 316 Å². The molecule has 0 spiro atoms. The Hall–Kier alpha value is -1.24. The third-order valence-corrected chi connectivity index (χ3v) is 11.6. The standard InChI is InChI=1S/C46H82N2O3/c1-6-8-10-12-14-15-16-17-18-19-20-21-22-23-27-31-35-46(50-43-39-48(5)38-42(47(3)4)44(49)45(43)51-46)36-32-28-24-26-30-34-41-37-40(41)33-29-25-13-11-9-7-2/h14-15,17-18,25,29,37,41-45,49H,6-13,16,19-24,26-28,30-36,38-39H2,1-5H3/b15-14-,18-17-,29-25-/t41?,42?,43-,44-,45-,46?/m1/s1. The molecule has 0 aromatic rings. The van der Waals surface area contributed by atoms with Gasteiger partial charge in [0, 0.05) is 25.9 Å². The van der Waals surface area contributed by atoms with E-state index in [4.69, 9.17) is 9.47 Å². The van der Waals surface area contributed by atoms with Gasteiger partial charge in [0.1, 0.15) is 12.2 Å². The highest BCUT2D eigenvalue weighted by Crippen LogP contribution is 2.41. The average Bonchev–Trinajstić information content (AvgIpc) is 3.79. The van der Waals surface area contributed by atoms with E-state index in [1.54, 1.807) is 5.57 Å². The van der Waals surface area contributed by atoms with E-state index in [2.05, 4.69) is 87.3 Å². The number of likely N-dealkylation sites (tertiary alicyclic amines) is 1. The van der Waals surface area contributed by atoms with Gasteiger partial charge in [-0.05, 0) is 97.7 Å². The summed E-state index contributed by atoms with van der Waals surface area (Å²) < 4.78 is 13.8. The first-order valence-corrected chi connectivity index (χ1v) is 21.9. The van der Waals surface area contributed by atoms with Crippen molar-refractivity contribution in [3.63, 3.8) is 0 Å². The molecule has 3 aliphatic rings. The van der Waals surface area contributed by atoms with Crippen molar-refractivity contribution in [3.05, 3.63) is 48.1 Å². The monoisotopic (exact) mass is 711 g/mol. The summed E-state index contributed by atoms with van der Waals surface area (Å²) >= 11 is 0. The largest absolute Gasteiger partial charge is 0.389 e. The maximum atomic E-state index is 11.5. The van der Waals surface area contributed by atoms with Crippen LogP contribution in [0.4, 0.5) is 0 Å². The number of rotatable bonds is 30. The molecule has 0 aromatic carbocycles. The second kappa shape index (κ2) is 26.5. The number of nitrogens with zero attached hydrogens (tertiary/aromatic N) is 2. The molecule has 0 amide bonds. The lowest BCUT2D eigenvalue weighted by Crippen LogP contribution is -2.50. The summed E-state index contributed by atoms with van der Waals surface area (Å²) in [7, 11) is 6.30. The topological polar surface area (TPSA) is 45.2 Å². The Kier molecular flexibility index (Phi) is 23.0.